The average Bonchev–Trinajstić information content (AvgIpc) is 3.17. The van der Waals surface area contributed by atoms with Gasteiger partial charge in [0.15, 0.2) is 0 Å². The highest BCUT2D eigenvalue weighted by Gasteiger charge is 2.37. The summed E-state index contributed by atoms with van der Waals surface area (Å²) >= 11 is 1.73. The van der Waals surface area contributed by atoms with Crippen molar-refractivity contribution < 1.29 is 14.4 Å². The zero-order valence-electron chi connectivity index (χ0n) is 11.3. The second kappa shape index (κ2) is 5.29. The Kier molecular flexibility index (Phi) is 3.45. The Labute approximate surface area is 121 Å². The van der Waals surface area contributed by atoms with E-state index < -0.39 is 0 Å². The number of morpholine rings is 1. The van der Waals surface area contributed by atoms with Gasteiger partial charge in [-0.1, -0.05) is 5.16 Å². The minimum absolute atomic E-state index is 0.0237. The van der Waals surface area contributed by atoms with Crippen LogP contribution in [0.3, 0.4) is 0 Å². The van der Waals surface area contributed by atoms with Crippen LogP contribution in [0.25, 0.3) is 0 Å². The number of ether oxygens (including phenoxy) is 1. The van der Waals surface area contributed by atoms with Gasteiger partial charge in [-0.3, -0.25) is 4.90 Å². The first-order valence-electron chi connectivity index (χ1n) is 7.26. The van der Waals surface area contributed by atoms with Crippen LogP contribution in [0.5, 0.6) is 0 Å². The molecule has 7 heteroatoms. The predicted octanol–water partition coefficient (Wildman–Crippen LogP) is 0.797. The fourth-order valence-corrected chi connectivity index (χ4v) is 4.51. The van der Waals surface area contributed by atoms with Gasteiger partial charge in [-0.15, -0.1) is 0 Å². The number of fused-ring (bicyclic) bond motifs is 1. The largest absolute Gasteiger partial charge is 0.391 e. The van der Waals surface area contributed by atoms with Gasteiger partial charge in [0.1, 0.15) is 6.10 Å². The number of nitrogens with zero attached hydrogens (tertiary/aromatic N) is 3. The van der Waals surface area contributed by atoms with Crippen LogP contribution in [0.4, 0.5) is 0 Å². The Morgan fingerprint density at radius 3 is 3.15 bits per heavy atom. The highest BCUT2D eigenvalue weighted by atomic mass is 32.2. The van der Waals surface area contributed by atoms with Gasteiger partial charge in [0.05, 0.1) is 18.6 Å². The lowest BCUT2D eigenvalue weighted by atomic mass is 10.1. The van der Waals surface area contributed by atoms with Crippen LogP contribution >= 0.6 is 11.8 Å². The maximum Gasteiger partial charge on any atom is 0.233 e. The third kappa shape index (κ3) is 2.26. The summed E-state index contributed by atoms with van der Waals surface area (Å²) in [5.74, 6) is 2.77. The van der Waals surface area contributed by atoms with Crippen LogP contribution in [0.2, 0.25) is 0 Å². The van der Waals surface area contributed by atoms with Gasteiger partial charge in [-0.2, -0.15) is 16.7 Å². The number of rotatable bonds is 2. The van der Waals surface area contributed by atoms with Crippen molar-refractivity contribution in [3.8, 4) is 0 Å². The van der Waals surface area contributed by atoms with E-state index in [2.05, 4.69) is 15.0 Å². The Bertz CT molecular complexity index is 483. The van der Waals surface area contributed by atoms with Gasteiger partial charge in [-0.25, -0.2) is 0 Å². The number of thioether (sulfide) groups is 1. The molecule has 4 heterocycles. The number of hydrogen-bond donors (Lipinski definition) is 1. The Hall–Kier alpha value is -0.630. The normalized spacial score (nSPS) is 38.2. The van der Waals surface area contributed by atoms with E-state index in [1.54, 1.807) is 11.8 Å². The first-order chi connectivity index (χ1) is 9.81. The lowest BCUT2D eigenvalue weighted by Crippen LogP contribution is -2.42. The smallest absolute Gasteiger partial charge is 0.233 e. The van der Waals surface area contributed by atoms with E-state index in [1.165, 1.54) is 12.8 Å². The molecule has 0 radical (unpaired) electrons. The van der Waals surface area contributed by atoms with Crippen molar-refractivity contribution in [2.75, 3.05) is 31.2 Å². The lowest BCUT2D eigenvalue weighted by Gasteiger charge is -2.33. The predicted molar refractivity (Wildman–Crippen MR) is 73.7 cm³/mol. The number of aliphatic hydroxyl groups is 1. The summed E-state index contributed by atoms with van der Waals surface area (Å²) in [7, 11) is 0. The van der Waals surface area contributed by atoms with Crippen molar-refractivity contribution >= 4 is 11.8 Å². The first-order valence-corrected chi connectivity index (χ1v) is 8.41. The molecule has 1 aromatic rings. The summed E-state index contributed by atoms with van der Waals surface area (Å²) in [6.07, 6.45) is 2.02. The highest BCUT2D eigenvalue weighted by Crippen LogP contribution is 2.33. The lowest BCUT2D eigenvalue weighted by molar-refractivity contribution is -0.0548. The van der Waals surface area contributed by atoms with Gasteiger partial charge < -0.3 is 14.4 Å². The van der Waals surface area contributed by atoms with Gasteiger partial charge in [0, 0.05) is 24.1 Å². The van der Waals surface area contributed by atoms with E-state index >= 15 is 0 Å². The van der Waals surface area contributed by atoms with Crippen molar-refractivity contribution in [2.24, 2.45) is 0 Å². The van der Waals surface area contributed by atoms with E-state index in [9.17, 15) is 5.11 Å². The zero-order chi connectivity index (χ0) is 13.5. The fraction of sp³-hybridized carbons (Fsp3) is 0.846. The molecule has 0 saturated carbocycles. The van der Waals surface area contributed by atoms with E-state index in [0.717, 1.165) is 31.2 Å². The Morgan fingerprint density at radius 1 is 1.35 bits per heavy atom. The van der Waals surface area contributed by atoms with E-state index in [1.807, 2.05) is 0 Å². The number of aromatic nitrogens is 2. The molecule has 0 spiro atoms. The van der Waals surface area contributed by atoms with Gasteiger partial charge in [0.2, 0.25) is 11.7 Å². The van der Waals surface area contributed by atoms with Crippen LogP contribution in [0.15, 0.2) is 4.52 Å². The molecule has 3 saturated heterocycles. The van der Waals surface area contributed by atoms with E-state index in [0.29, 0.717) is 17.8 Å². The summed E-state index contributed by atoms with van der Waals surface area (Å²) in [5.41, 5.74) is 0. The average molecular weight is 297 g/mol. The molecule has 20 heavy (non-hydrogen) atoms. The van der Waals surface area contributed by atoms with Gasteiger partial charge >= 0.3 is 0 Å². The highest BCUT2D eigenvalue weighted by molar-refractivity contribution is 7.99. The molecule has 0 aromatic carbocycles. The topological polar surface area (TPSA) is 71.6 Å². The molecule has 1 N–H and O–H groups in total. The molecule has 1 aromatic heterocycles. The summed E-state index contributed by atoms with van der Waals surface area (Å²) in [4.78, 5) is 6.94. The van der Waals surface area contributed by atoms with Crippen LogP contribution in [0, 0.1) is 0 Å². The fourth-order valence-electron chi connectivity index (χ4n) is 3.28. The molecular formula is C13H19N3O3S. The molecular weight excluding hydrogens is 278 g/mol. The first kappa shape index (κ1) is 13.1. The maximum atomic E-state index is 9.90. The molecule has 0 bridgehead atoms. The van der Waals surface area contributed by atoms with Crippen molar-refractivity contribution in [3.05, 3.63) is 11.7 Å². The number of aliphatic hydroxyl groups excluding tert-OH is 1. The maximum absolute atomic E-state index is 9.90. The Morgan fingerprint density at radius 2 is 2.30 bits per heavy atom. The number of hydrogen-bond acceptors (Lipinski definition) is 7. The quantitative estimate of drug-likeness (QED) is 0.865. The Balaban J connectivity index is 1.47. The third-order valence-electron chi connectivity index (χ3n) is 4.50. The monoisotopic (exact) mass is 297 g/mol. The van der Waals surface area contributed by atoms with Crippen molar-refractivity contribution in [3.63, 3.8) is 0 Å². The molecule has 4 atom stereocenters. The molecule has 3 aliphatic rings. The van der Waals surface area contributed by atoms with Crippen LogP contribution in [0.1, 0.15) is 36.6 Å². The second-order valence-electron chi connectivity index (χ2n) is 5.82. The molecule has 0 aliphatic carbocycles. The van der Waals surface area contributed by atoms with Crippen LogP contribution in [-0.2, 0) is 4.74 Å². The molecule has 3 aliphatic heterocycles. The van der Waals surface area contributed by atoms with Crippen molar-refractivity contribution in [2.45, 2.75) is 37.0 Å². The molecule has 0 amide bonds. The molecule has 4 rings (SSSR count). The molecule has 4 unspecified atom stereocenters. The van der Waals surface area contributed by atoms with Crippen LogP contribution in [-0.4, -0.2) is 63.5 Å². The standard InChI is InChI=1S/C13H19N3O3S/c17-10-7-20-6-9(10)13-14-12(15-19-13)11-4-16-3-1-2-8(16)5-18-11/h8-11,17H,1-7H2. The van der Waals surface area contributed by atoms with E-state index in [-0.39, 0.29) is 18.1 Å². The minimum atomic E-state index is -0.372. The van der Waals surface area contributed by atoms with E-state index in [4.69, 9.17) is 9.26 Å². The molecule has 110 valence electrons. The summed E-state index contributed by atoms with van der Waals surface area (Å²) in [6, 6.07) is 0.575. The minimum Gasteiger partial charge on any atom is -0.391 e. The summed E-state index contributed by atoms with van der Waals surface area (Å²) in [5, 5.41) is 14.0. The summed E-state index contributed by atoms with van der Waals surface area (Å²) < 4.78 is 11.2. The molecule has 3 fully saturated rings. The third-order valence-corrected chi connectivity index (χ3v) is 5.67. The SMILES string of the molecule is OC1CSCC1c1nc(C2CN3CCCC3CO2)no1. The zero-order valence-corrected chi connectivity index (χ0v) is 12.1. The van der Waals surface area contributed by atoms with Gasteiger partial charge in [0.25, 0.3) is 0 Å². The van der Waals surface area contributed by atoms with Crippen molar-refractivity contribution in [1.82, 2.24) is 15.0 Å². The van der Waals surface area contributed by atoms with Gasteiger partial charge in [-0.05, 0) is 19.4 Å². The summed E-state index contributed by atoms with van der Waals surface area (Å²) in [6.45, 7) is 2.76. The van der Waals surface area contributed by atoms with Crippen molar-refractivity contribution in [1.29, 1.82) is 0 Å². The van der Waals surface area contributed by atoms with Crippen LogP contribution < -0.4 is 0 Å². The second-order valence-corrected chi connectivity index (χ2v) is 6.89. The molecule has 6 nitrogen and oxygen atoms in total.